The van der Waals surface area contributed by atoms with Gasteiger partial charge in [-0.3, -0.25) is 0 Å². The van der Waals surface area contributed by atoms with Gasteiger partial charge in [-0.05, 0) is 12.3 Å². The van der Waals surface area contributed by atoms with E-state index < -0.39 is 6.26 Å². The summed E-state index contributed by atoms with van der Waals surface area (Å²) >= 11 is 0. The Hall–Kier alpha value is -0.330. The first-order chi connectivity index (χ1) is 5.52. The molecule has 0 saturated carbocycles. The Labute approximate surface area is 66.6 Å². The molecule has 1 unspecified atom stereocenters. The molecule has 0 aromatic rings. The Morgan fingerprint density at radius 3 is 2.80 bits per heavy atom. The summed E-state index contributed by atoms with van der Waals surface area (Å²) in [5, 5.41) is 0. The molecule has 1 heteroatoms. The van der Waals surface area contributed by atoms with Gasteiger partial charge in [0, 0.05) is 7.79 Å². The molecule has 0 radical (unpaired) electrons. The summed E-state index contributed by atoms with van der Waals surface area (Å²) in [4.78, 5) is 10.3. The van der Waals surface area contributed by atoms with E-state index in [0.717, 1.165) is 12.8 Å². The summed E-state index contributed by atoms with van der Waals surface area (Å²) in [6.07, 6.45) is 1.99. The third-order valence-electron chi connectivity index (χ3n) is 1.40. The third-order valence-corrected chi connectivity index (χ3v) is 1.40. The van der Waals surface area contributed by atoms with Gasteiger partial charge in [-0.15, -0.1) is 0 Å². The van der Waals surface area contributed by atoms with E-state index in [0.29, 0.717) is 12.3 Å². The van der Waals surface area contributed by atoms with Gasteiger partial charge in [-0.25, -0.2) is 0 Å². The van der Waals surface area contributed by atoms with Gasteiger partial charge >= 0.3 is 0 Å². The van der Waals surface area contributed by atoms with Crippen molar-refractivity contribution in [2.24, 2.45) is 5.92 Å². The van der Waals surface area contributed by atoms with E-state index in [4.69, 9.17) is 2.74 Å². The van der Waals surface area contributed by atoms with Crippen molar-refractivity contribution >= 4 is 6.26 Å². The van der Waals surface area contributed by atoms with Crippen molar-refractivity contribution in [1.82, 2.24) is 0 Å². The molecule has 0 aliphatic rings. The third kappa shape index (κ3) is 7.67. The maximum atomic E-state index is 10.3. The Morgan fingerprint density at radius 2 is 2.30 bits per heavy atom. The first kappa shape index (κ1) is 6.38. The maximum absolute atomic E-state index is 10.3. The zero-order chi connectivity index (χ0) is 9.56. The molecule has 0 aromatic heterocycles. The summed E-state index contributed by atoms with van der Waals surface area (Å²) in [5.74, 6) is 0.629. The van der Waals surface area contributed by atoms with Crippen molar-refractivity contribution in [2.75, 3.05) is 0 Å². The number of carbonyl (C=O) groups is 1. The average molecular weight is 144 g/mol. The molecule has 1 nitrogen and oxygen atoms in total. The average Bonchev–Trinajstić information content (AvgIpc) is 1.96. The van der Waals surface area contributed by atoms with Gasteiger partial charge in [-0.2, -0.15) is 0 Å². The molecule has 0 bridgehead atoms. The molecule has 0 amide bonds. The largest absolute Gasteiger partial charge is 0.303 e. The lowest BCUT2D eigenvalue weighted by Gasteiger charge is -2.01. The Balaban J connectivity index is 3.33. The van der Waals surface area contributed by atoms with Gasteiger partial charge in [0.15, 0.2) is 0 Å². The summed E-state index contributed by atoms with van der Waals surface area (Å²) in [7, 11) is 0. The molecular formula is C9H18O. The second-order valence-electron chi connectivity index (χ2n) is 2.94. The van der Waals surface area contributed by atoms with E-state index in [1.807, 2.05) is 0 Å². The molecule has 0 spiro atoms. The Bertz CT molecular complexity index is 134. The van der Waals surface area contributed by atoms with Gasteiger partial charge in [0.1, 0.15) is 7.63 Å². The number of hydrogen-bond donors (Lipinski definition) is 0. The van der Waals surface area contributed by atoms with E-state index in [9.17, 15) is 4.79 Å². The number of hydrogen-bond acceptors (Lipinski definition) is 1. The van der Waals surface area contributed by atoms with Crippen LogP contribution in [0, 0.1) is 5.92 Å². The molecular weight excluding hydrogens is 124 g/mol. The highest BCUT2D eigenvalue weighted by Gasteiger charge is 1.92. The SMILES string of the molecule is [2H]C(=O)CCC([2H])CCC(C)C. The summed E-state index contributed by atoms with van der Waals surface area (Å²) < 4.78 is 14.2. The predicted molar refractivity (Wildman–Crippen MR) is 44.0 cm³/mol. The van der Waals surface area contributed by atoms with Crippen molar-refractivity contribution in [1.29, 1.82) is 0 Å². The van der Waals surface area contributed by atoms with Gasteiger partial charge in [0.2, 0.25) is 0 Å². The quantitative estimate of drug-likeness (QED) is 0.524. The van der Waals surface area contributed by atoms with Crippen LogP contribution in [0.15, 0.2) is 0 Å². The fourth-order valence-corrected chi connectivity index (χ4v) is 0.757. The van der Waals surface area contributed by atoms with Crippen LogP contribution < -0.4 is 0 Å². The minimum absolute atomic E-state index is 0.151. The highest BCUT2D eigenvalue weighted by atomic mass is 16.1. The highest BCUT2D eigenvalue weighted by Crippen LogP contribution is 2.08. The minimum Gasteiger partial charge on any atom is -0.303 e. The van der Waals surface area contributed by atoms with Gasteiger partial charge in [0.05, 0.1) is 0 Å². The van der Waals surface area contributed by atoms with E-state index in [1.165, 1.54) is 0 Å². The molecule has 0 aromatic carbocycles. The van der Waals surface area contributed by atoms with Crippen LogP contribution in [0.5, 0.6) is 0 Å². The van der Waals surface area contributed by atoms with Gasteiger partial charge in [0.25, 0.3) is 0 Å². The van der Waals surface area contributed by atoms with Crippen molar-refractivity contribution in [3.63, 3.8) is 0 Å². The van der Waals surface area contributed by atoms with E-state index in [1.54, 1.807) is 0 Å². The zero-order valence-corrected chi connectivity index (χ0v) is 6.89. The van der Waals surface area contributed by atoms with Crippen molar-refractivity contribution < 1.29 is 7.54 Å². The molecule has 0 N–H and O–H groups in total. The second kappa shape index (κ2) is 6.79. The molecule has 0 fully saturated rings. The van der Waals surface area contributed by atoms with Crippen molar-refractivity contribution in [3.8, 4) is 0 Å². The van der Waals surface area contributed by atoms with Crippen LogP contribution in [-0.2, 0) is 4.79 Å². The van der Waals surface area contributed by atoms with Gasteiger partial charge < -0.3 is 4.79 Å². The normalized spacial score (nSPS) is 16.3. The lowest BCUT2D eigenvalue weighted by Crippen LogP contribution is -1.86. The van der Waals surface area contributed by atoms with Crippen molar-refractivity contribution in [2.45, 2.75) is 45.9 Å². The fourth-order valence-electron chi connectivity index (χ4n) is 0.757. The Kier molecular flexibility index (Phi) is 4.33. The van der Waals surface area contributed by atoms with Crippen LogP contribution in [0.1, 0.15) is 48.7 Å². The van der Waals surface area contributed by atoms with E-state index >= 15 is 0 Å². The first-order valence-corrected chi connectivity index (χ1v) is 3.94. The molecule has 1 atom stereocenters. The molecule has 10 heavy (non-hydrogen) atoms. The van der Waals surface area contributed by atoms with E-state index in [2.05, 4.69) is 13.8 Å². The Morgan fingerprint density at radius 1 is 1.60 bits per heavy atom. The highest BCUT2D eigenvalue weighted by molar-refractivity contribution is 5.48. The van der Waals surface area contributed by atoms with Crippen molar-refractivity contribution in [3.05, 3.63) is 0 Å². The molecule has 0 aliphatic carbocycles. The first-order valence-electron chi connectivity index (χ1n) is 5.01. The smallest absolute Gasteiger partial charge is 0.119 e. The second-order valence-corrected chi connectivity index (χ2v) is 2.94. The van der Waals surface area contributed by atoms with E-state index in [-0.39, 0.29) is 12.8 Å². The van der Waals surface area contributed by atoms with Crippen LogP contribution in [-0.4, -0.2) is 6.26 Å². The van der Waals surface area contributed by atoms with Gasteiger partial charge in [-0.1, -0.05) is 33.1 Å². The summed E-state index contributed by atoms with van der Waals surface area (Å²) in [6, 6.07) is 0. The number of carbonyl (C=O) groups excluding carboxylic acids is 1. The minimum atomic E-state index is -0.545. The summed E-state index contributed by atoms with van der Waals surface area (Å²) in [5.41, 5.74) is 0. The van der Waals surface area contributed by atoms with Crippen LogP contribution in [0.4, 0.5) is 0 Å². The van der Waals surface area contributed by atoms with Crippen LogP contribution in [0.3, 0.4) is 0 Å². The lowest BCUT2D eigenvalue weighted by molar-refractivity contribution is -0.107. The molecule has 60 valence electrons. The zero-order valence-electron chi connectivity index (χ0n) is 8.89. The molecule has 0 rings (SSSR count). The monoisotopic (exact) mass is 144 g/mol. The standard InChI is InChI=1S/C9H18O/c1-9(2)7-5-3-4-6-8-10/h8-9H,3-7H2,1-2H3/i3D,8D. The van der Waals surface area contributed by atoms with Crippen LogP contribution >= 0.6 is 0 Å². The number of aldehydes is 1. The molecule has 0 aliphatic heterocycles. The fraction of sp³-hybridized carbons (Fsp3) is 0.889. The molecule has 0 saturated heterocycles. The maximum Gasteiger partial charge on any atom is 0.119 e. The lowest BCUT2D eigenvalue weighted by atomic mass is 10.0. The topological polar surface area (TPSA) is 17.1 Å². The summed E-state index contributed by atoms with van der Waals surface area (Å²) in [6.45, 7) is 4.25. The number of rotatable bonds is 6. The predicted octanol–water partition coefficient (Wildman–Crippen LogP) is 2.79. The van der Waals surface area contributed by atoms with Crippen LogP contribution in [0.2, 0.25) is 0 Å². The molecule has 0 heterocycles. The van der Waals surface area contributed by atoms with Crippen LogP contribution in [0.25, 0.3) is 0 Å².